The molecule has 1 nitrogen and oxygen atoms in total. The van der Waals surface area contributed by atoms with Crippen LogP contribution in [0.4, 0.5) is 0 Å². The molecule has 0 heterocycles. The Morgan fingerprint density at radius 3 is 2.73 bits per heavy atom. The minimum atomic E-state index is 0.810. The number of benzene rings is 1. The standard InChI is InChI=1S/C21H28O/c1-3-4-14-5-8-19-17(14)11-12-20-18-10-7-16(22-2)13-15(18)6-9-21(19)20/h7,10,13,19-21H,3-6,8-9,11-12H2,1-2H3/t19-,20-,21-/m1/s1. The SMILES string of the molecule is CCCC1=C2CC[C@@H]3c4ccc(OC)cc4CC[C@@H]3[C@@H]2CC1. The van der Waals surface area contributed by atoms with E-state index in [-0.39, 0.29) is 0 Å². The summed E-state index contributed by atoms with van der Waals surface area (Å²) in [5, 5.41) is 0. The molecule has 0 unspecified atom stereocenters. The van der Waals surface area contributed by atoms with Crippen LogP contribution in [-0.4, -0.2) is 7.11 Å². The number of ether oxygens (including phenoxy) is 1. The summed E-state index contributed by atoms with van der Waals surface area (Å²) >= 11 is 0. The summed E-state index contributed by atoms with van der Waals surface area (Å²) in [6.45, 7) is 2.33. The first-order valence-electron chi connectivity index (χ1n) is 9.19. The molecule has 22 heavy (non-hydrogen) atoms. The zero-order chi connectivity index (χ0) is 15.1. The lowest BCUT2D eigenvalue weighted by atomic mass is 9.62. The van der Waals surface area contributed by atoms with E-state index >= 15 is 0 Å². The topological polar surface area (TPSA) is 9.23 Å². The first kappa shape index (κ1) is 14.4. The Labute approximate surface area is 134 Å². The second-order valence-electron chi connectivity index (χ2n) is 7.44. The molecule has 0 aliphatic heterocycles. The van der Waals surface area contributed by atoms with Crippen LogP contribution in [0.1, 0.15) is 68.9 Å². The normalized spacial score (nSPS) is 29.8. The number of aryl methyl sites for hydroxylation is 1. The van der Waals surface area contributed by atoms with Crippen LogP contribution in [0.15, 0.2) is 29.3 Å². The highest BCUT2D eigenvalue weighted by Gasteiger charge is 2.42. The molecule has 3 atom stereocenters. The highest BCUT2D eigenvalue weighted by Crippen LogP contribution is 2.55. The Hall–Kier alpha value is -1.24. The van der Waals surface area contributed by atoms with Gasteiger partial charge in [-0.2, -0.15) is 0 Å². The summed E-state index contributed by atoms with van der Waals surface area (Å²) in [7, 11) is 1.78. The van der Waals surface area contributed by atoms with Crippen molar-refractivity contribution in [3.63, 3.8) is 0 Å². The minimum absolute atomic E-state index is 0.810. The maximum atomic E-state index is 5.42. The van der Waals surface area contributed by atoms with Crippen molar-refractivity contribution in [1.82, 2.24) is 0 Å². The number of hydrogen-bond acceptors (Lipinski definition) is 1. The van der Waals surface area contributed by atoms with Gasteiger partial charge in [0.15, 0.2) is 0 Å². The molecule has 118 valence electrons. The fraction of sp³-hybridized carbons (Fsp3) is 0.619. The summed E-state index contributed by atoms with van der Waals surface area (Å²) in [5.74, 6) is 3.67. The zero-order valence-electron chi connectivity index (χ0n) is 14.0. The number of fused-ring (bicyclic) bond motifs is 5. The van der Waals surface area contributed by atoms with E-state index in [1.54, 1.807) is 18.2 Å². The maximum absolute atomic E-state index is 5.42. The lowest BCUT2D eigenvalue weighted by molar-refractivity contribution is 0.233. The molecule has 1 heteroatoms. The predicted molar refractivity (Wildman–Crippen MR) is 91.4 cm³/mol. The van der Waals surface area contributed by atoms with E-state index in [0.717, 1.165) is 23.5 Å². The molecule has 0 radical (unpaired) electrons. The molecule has 0 bridgehead atoms. The van der Waals surface area contributed by atoms with Gasteiger partial charge in [0, 0.05) is 0 Å². The van der Waals surface area contributed by atoms with Crippen molar-refractivity contribution in [2.75, 3.05) is 7.11 Å². The molecule has 1 aromatic carbocycles. The van der Waals surface area contributed by atoms with Crippen molar-refractivity contribution in [3.05, 3.63) is 40.5 Å². The van der Waals surface area contributed by atoms with E-state index in [9.17, 15) is 0 Å². The molecule has 3 aliphatic rings. The van der Waals surface area contributed by atoms with Gasteiger partial charge in [-0.25, -0.2) is 0 Å². The van der Waals surface area contributed by atoms with Crippen molar-refractivity contribution in [2.24, 2.45) is 11.8 Å². The van der Waals surface area contributed by atoms with Crippen LogP contribution in [0.3, 0.4) is 0 Å². The van der Waals surface area contributed by atoms with Crippen molar-refractivity contribution in [1.29, 1.82) is 0 Å². The van der Waals surface area contributed by atoms with Crippen LogP contribution in [0.25, 0.3) is 0 Å². The summed E-state index contributed by atoms with van der Waals surface area (Å²) in [4.78, 5) is 0. The largest absolute Gasteiger partial charge is 0.497 e. The molecule has 0 amide bonds. The van der Waals surface area contributed by atoms with Crippen molar-refractivity contribution >= 4 is 0 Å². The second kappa shape index (κ2) is 5.76. The minimum Gasteiger partial charge on any atom is -0.497 e. The predicted octanol–water partition coefficient (Wildman–Crippen LogP) is 5.64. The van der Waals surface area contributed by atoms with Gasteiger partial charge in [0.05, 0.1) is 7.11 Å². The van der Waals surface area contributed by atoms with E-state index in [1.165, 1.54) is 51.4 Å². The van der Waals surface area contributed by atoms with Gasteiger partial charge in [-0.15, -0.1) is 0 Å². The van der Waals surface area contributed by atoms with Crippen LogP contribution in [0.2, 0.25) is 0 Å². The molecule has 0 saturated heterocycles. The average molecular weight is 296 g/mol. The van der Waals surface area contributed by atoms with E-state index in [4.69, 9.17) is 4.74 Å². The third-order valence-electron chi connectivity index (χ3n) is 6.47. The Kier molecular flexibility index (Phi) is 3.76. The van der Waals surface area contributed by atoms with E-state index < -0.39 is 0 Å². The van der Waals surface area contributed by atoms with E-state index in [0.29, 0.717) is 0 Å². The van der Waals surface area contributed by atoms with Crippen LogP contribution in [-0.2, 0) is 6.42 Å². The van der Waals surface area contributed by atoms with Gasteiger partial charge in [0.2, 0.25) is 0 Å². The molecular formula is C21H28O. The van der Waals surface area contributed by atoms with Crippen LogP contribution in [0, 0.1) is 11.8 Å². The van der Waals surface area contributed by atoms with Gasteiger partial charge in [0.1, 0.15) is 5.75 Å². The number of allylic oxidation sites excluding steroid dienone is 2. The molecule has 0 aromatic heterocycles. The molecule has 1 fully saturated rings. The molecule has 0 N–H and O–H groups in total. The van der Waals surface area contributed by atoms with Crippen LogP contribution >= 0.6 is 0 Å². The fourth-order valence-corrected chi connectivity index (χ4v) is 5.55. The fourth-order valence-electron chi connectivity index (χ4n) is 5.55. The Balaban J connectivity index is 1.64. The molecule has 1 aromatic rings. The third-order valence-corrected chi connectivity index (χ3v) is 6.47. The lowest BCUT2D eigenvalue weighted by Crippen LogP contribution is -2.31. The monoisotopic (exact) mass is 296 g/mol. The average Bonchev–Trinajstić information content (AvgIpc) is 2.97. The van der Waals surface area contributed by atoms with Crippen molar-refractivity contribution in [3.8, 4) is 5.75 Å². The quantitative estimate of drug-likeness (QED) is 0.656. The van der Waals surface area contributed by atoms with Gasteiger partial charge in [-0.05, 0) is 86.0 Å². The summed E-state index contributed by atoms with van der Waals surface area (Å²) in [6.07, 6.45) is 10.9. The number of hydrogen-bond donors (Lipinski definition) is 0. The van der Waals surface area contributed by atoms with E-state index in [1.807, 2.05) is 11.1 Å². The zero-order valence-corrected chi connectivity index (χ0v) is 14.0. The second-order valence-corrected chi connectivity index (χ2v) is 7.44. The van der Waals surface area contributed by atoms with Gasteiger partial charge in [-0.3, -0.25) is 0 Å². The third kappa shape index (κ3) is 2.21. The first-order valence-corrected chi connectivity index (χ1v) is 9.19. The van der Waals surface area contributed by atoms with Gasteiger partial charge >= 0.3 is 0 Å². The Morgan fingerprint density at radius 2 is 1.91 bits per heavy atom. The van der Waals surface area contributed by atoms with Gasteiger partial charge in [0.25, 0.3) is 0 Å². The smallest absolute Gasteiger partial charge is 0.119 e. The molecule has 1 saturated carbocycles. The first-order chi connectivity index (χ1) is 10.8. The highest BCUT2D eigenvalue weighted by atomic mass is 16.5. The summed E-state index contributed by atoms with van der Waals surface area (Å²) in [6, 6.07) is 6.82. The highest BCUT2D eigenvalue weighted by molar-refractivity contribution is 5.42. The molecule has 4 rings (SSSR count). The molecular weight excluding hydrogens is 268 g/mol. The van der Waals surface area contributed by atoms with Crippen LogP contribution in [0.5, 0.6) is 5.75 Å². The number of rotatable bonds is 3. The number of methoxy groups -OCH3 is 1. The molecule has 0 spiro atoms. The van der Waals surface area contributed by atoms with Gasteiger partial charge in [-0.1, -0.05) is 30.6 Å². The lowest BCUT2D eigenvalue weighted by Gasteiger charge is -2.42. The van der Waals surface area contributed by atoms with Crippen molar-refractivity contribution in [2.45, 2.75) is 64.2 Å². The van der Waals surface area contributed by atoms with Crippen LogP contribution < -0.4 is 4.74 Å². The molecule has 3 aliphatic carbocycles. The van der Waals surface area contributed by atoms with Gasteiger partial charge < -0.3 is 4.74 Å². The Bertz CT molecular complexity index is 598. The summed E-state index contributed by atoms with van der Waals surface area (Å²) in [5.41, 5.74) is 6.92. The Morgan fingerprint density at radius 1 is 1.05 bits per heavy atom. The maximum Gasteiger partial charge on any atom is 0.119 e. The van der Waals surface area contributed by atoms with Crippen molar-refractivity contribution < 1.29 is 4.74 Å². The summed E-state index contributed by atoms with van der Waals surface area (Å²) < 4.78 is 5.42. The van der Waals surface area contributed by atoms with E-state index in [2.05, 4.69) is 25.1 Å².